The molecule has 0 spiro atoms. The number of sulfonamides is 1. The maximum Gasteiger partial charge on any atom is 0.243 e. The van der Waals surface area contributed by atoms with E-state index in [1.54, 1.807) is 0 Å². The molecule has 0 aliphatic carbocycles. The summed E-state index contributed by atoms with van der Waals surface area (Å²) in [5.41, 5.74) is -0.127. The number of benzene rings is 1. The Morgan fingerprint density at radius 2 is 1.86 bits per heavy atom. The van der Waals surface area contributed by atoms with Gasteiger partial charge in [0, 0.05) is 6.54 Å². The van der Waals surface area contributed by atoms with E-state index in [0.29, 0.717) is 0 Å². The Morgan fingerprint density at radius 1 is 1.29 bits per heavy atom. The van der Waals surface area contributed by atoms with Gasteiger partial charge in [0.1, 0.15) is 4.90 Å². The highest BCUT2D eigenvalue weighted by Crippen LogP contribution is 2.25. The van der Waals surface area contributed by atoms with Crippen LogP contribution in [0, 0.1) is 23.0 Å². The lowest BCUT2D eigenvalue weighted by atomic mass is 9.82. The van der Waals surface area contributed by atoms with Gasteiger partial charge >= 0.3 is 0 Å². The molecule has 1 aromatic carbocycles. The van der Waals surface area contributed by atoms with Crippen molar-refractivity contribution in [1.29, 1.82) is 0 Å². The van der Waals surface area contributed by atoms with Gasteiger partial charge in [-0.05, 0) is 29.0 Å². The Bertz CT molecular complexity index is 609. The van der Waals surface area contributed by atoms with E-state index in [4.69, 9.17) is 5.11 Å². The summed E-state index contributed by atoms with van der Waals surface area (Å²) >= 11 is 0. The van der Waals surface area contributed by atoms with Crippen LogP contribution in [0.15, 0.2) is 17.0 Å². The molecule has 0 saturated carbocycles. The minimum absolute atomic E-state index is 0.00112. The molecular formula is C14H21F2NO3S. The van der Waals surface area contributed by atoms with Crippen LogP contribution in [0.25, 0.3) is 0 Å². The SMILES string of the molecule is CC(CNS(=O)(=O)c1cc(CO)cc(F)c1F)C(C)(C)C. The fourth-order valence-corrected chi connectivity index (χ4v) is 2.79. The molecular weight excluding hydrogens is 300 g/mol. The maximum atomic E-state index is 13.7. The minimum Gasteiger partial charge on any atom is -0.392 e. The van der Waals surface area contributed by atoms with E-state index in [2.05, 4.69) is 4.72 Å². The number of aliphatic hydroxyl groups excluding tert-OH is 1. The van der Waals surface area contributed by atoms with Gasteiger partial charge in [-0.1, -0.05) is 27.7 Å². The zero-order valence-electron chi connectivity index (χ0n) is 12.6. The summed E-state index contributed by atoms with van der Waals surface area (Å²) in [4.78, 5) is -0.785. The smallest absolute Gasteiger partial charge is 0.243 e. The van der Waals surface area contributed by atoms with Gasteiger partial charge in [-0.2, -0.15) is 0 Å². The van der Waals surface area contributed by atoms with Crippen molar-refractivity contribution in [1.82, 2.24) is 4.72 Å². The first-order valence-electron chi connectivity index (χ1n) is 6.57. The van der Waals surface area contributed by atoms with E-state index in [-0.39, 0.29) is 23.4 Å². The predicted molar refractivity (Wildman–Crippen MR) is 76.1 cm³/mol. The predicted octanol–water partition coefficient (Wildman–Crippen LogP) is 2.42. The minimum atomic E-state index is -4.18. The largest absolute Gasteiger partial charge is 0.392 e. The topological polar surface area (TPSA) is 66.4 Å². The Kier molecular flexibility index (Phi) is 5.46. The van der Waals surface area contributed by atoms with Crippen molar-refractivity contribution in [3.8, 4) is 0 Å². The highest BCUT2D eigenvalue weighted by molar-refractivity contribution is 7.89. The molecule has 0 aromatic heterocycles. The average Bonchev–Trinajstić information content (AvgIpc) is 2.37. The van der Waals surface area contributed by atoms with Gasteiger partial charge in [0.25, 0.3) is 0 Å². The number of nitrogens with one attached hydrogen (secondary N) is 1. The van der Waals surface area contributed by atoms with Crippen LogP contribution in [0.3, 0.4) is 0 Å². The molecule has 0 saturated heterocycles. The van der Waals surface area contributed by atoms with Crippen molar-refractivity contribution in [3.05, 3.63) is 29.3 Å². The second kappa shape index (κ2) is 6.37. The first kappa shape index (κ1) is 18.0. The van der Waals surface area contributed by atoms with Gasteiger partial charge in [0.2, 0.25) is 10.0 Å². The Morgan fingerprint density at radius 3 is 2.33 bits per heavy atom. The van der Waals surface area contributed by atoms with E-state index >= 15 is 0 Å². The monoisotopic (exact) mass is 321 g/mol. The molecule has 120 valence electrons. The fraction of sp³-hybridized carbons (Fsp3) is 0.571. The molecule has 0 aliphatic rings. The third-order valence-electron chi connectivity index (χ3n) is 3.58. The normalized spacial score (nSPS) is 14.2. The van der Waals surface area contributed by atoms with Gasteiger partial charge in [0.05, 0.1) is 6.61 Å². The zero-order chi connectivity index (χ0) is 16.4. The van der Waals surface area contributed by atoms with E-state index in [9.17, 15) is 17.2 Å². The van der Waals surface area contributed by atoms with Crippen LogP contribution in [-0.2, 0) is 16.6 Å². The molecule has 1 atom stereocenters. The Labute approximate surface area is 124 Å². The van der Waals surface area contributed by atoms with Crippen LogP contribution < -0.4 is 4.72 Å². The van der Waals surface area contributed by atoms with Gasteiger partial charge in [-0.3, -0.25) is 0 Å². The van der Waals surface area contributed by atoms with Crippen molar-refractivity contribution in [2.45, 2.75) is 39.2 Å². The summed E-state index contributed by atoms with van der Waals surface area (Å²) in [6.45, 7) is 7.27. The van der Waals surface area contributed by atoms with Gasteiger partial charge in [0.15, 0.2) is 11.6 Å². The summed E-state index contributed by atoms with van der Waals surface area (Å²) < 4.78 is 53.6. The van der Waals surface area contributed by atoms with Crippen LogP contribution >= 0.6 is 0 Å². The molecule has 21 heavy (non-hydrogen) atoms. The number of halogens is 2. The van der Waals surface area contributed by atoms with Crippen molar-refractivity contribution in [3.63, 3.8) is 0 Å². The molecule has 7 heteroatoms. The van der Waals surface area contributed by atoms with Crippen LogP contribution in [0.1, 0.15) is 33.3 Å². The Balaban J connectivity index is 3.06. The zero-order valence-corrected chi connectivity index (χ0v) is 13.4. The summed E-state index contributed by atoms with van der Waals surface area (Å²) in [6.07, 6.45) is 0. The second-order valence-electron chi connectivity index (χ2n) is 6.17. The molecule has 0 bridgehead atoms. The van der Waals surface area contributed by atoms with Crippen molar-refractivity contribution in [2.75, 3.05) is 6.54 Å². The fourth-order valence-electron chi connectivity index (χ4n) is 1.52. The summed E-state index contributed by atoms with van der Waals surface area (Å²) in [6, 6.07) is 1.70. The van der Waals surface area contributed by atoms with Crippen molar-refractivity contribution in [2.24, 2.45) is 11.3 Å². The van der Waals surface area contributed by atoms with Crippen molar-refractivity contribution < 1.29 is 22.3 Å². The summed E-state index contributed by atoms with van der Waals surface area (Å²) in [7, 11) is -4.18. The first-order valence-corrected chi connectivity index (χ1v) is 8.06. The average molecular weight is 321 g/mol. The highest BCUT2D eigenvalue weighted by Gasteiger charge is 2.26. The molecule has 1 rings (SSSR count). The molecule has 0 heterocycles. The van der Waals surface area contributed by atoms with E-state index in [0.717, 1.165) is 12.1 Å². The van der Waals surface area contributed by atoms with E-state index in [1.807, 2.05) is 27.7 Å². The molecule has 0 fully saturated rings. The standard InChI is InChI=1S/C14H21F2NO3S/c1-9(14(2,3)4)7-17-21(19,20)12-6-10(8-18)5-11(15)13(12)16/h5-6,9,17-18H,7-8H2,1-4H3. The number of aliphatic hydroxyl groups is 1. The molecule has 1 unspecified atom stereocenters. The van der Waals surface area contributed by atoms with Gasteiger partial charge in [-0.15, -0.1) is 0 Å². The molecule has 4 nitrogen and oxygen atoms in total. The highest BCUT2D eigenvalue weighted by atomic mass is 32.2. The molecule has 0 amide bonds. The van der Waals surface area contributed by atoms with Crippen LogP contribution in [0.5, 0.6) is 0 Å². The third kappa shape index (κ3) is 4.46. The quantitative estimate of drug-likeness (QED) is 0.875. The van der Waals surface area contributed by atoms with E-state index < -0.39 is 33.2 Å². The lowest BCUT2D eigenvalue weighted by Gasteiger charge is -2.27. The van der Waals surface area contributed by atoms with Crippen LogP contribution in [-0.4, -0.2) is 20.1 Å². The molecule has 1 aromatic rings. The maximum absolute atomic E-state index is 13.7. The molecule has 0 radical (unpaired) electrons. The number of hydrogen-bond donors (Lipinski definition) is 2. The Hall–Kier alpha value is -1.05. The first-order chi connectivity index (χ1) is 9.49. The lowest BCUT2D eigenvalue weighted by molar-refractivity contribution is 0.263. The number of rotatable bonds is 5. The molecule has 0 aliphatic heterocycles. The van der Waals surface area contributed by atoms with Crippen LogP contribution in [0.2, 0.25) is 0 Å². The van der Waals surface area contributed by atoms with Gasteiger partial charge < -0.3 is 5.11 Å². The lowest BCUT2D eigenvalue weighted by Crippen LogP contribution is -2.34. The van der Waals surface area contributed by atoms with Gasteiger partial charge in [-0.25, -0.2) is 21.9 Å². The summed E-state index contributed by atoms with van der Waals surface area (Å²) in [5, 5.41) is 8.96. The van der Waals surface area contributed by atoms with Crippen LogP contribution in [0.4, 0.5) is 8.78 Å². The summed E-state index contributed by atoms with van der Waals surface area (Å²) in [5.74, 6) is -2.74. The molecule has 2 N–H and O–H groups in total. The van der Waals surface area contributed by atoms with E-state index in [1.165, 1.54) is 0 Å². The third-order valence-corrected chi connectivity index (χ3v) is 5.01. The second-order valence-corrected chi connectivity index (χ2v) is 7.90. The number of hydrogen-bond acceptors (Lipinski definition) is 3. The van der Waals surface area contributed by atoms with Crippen molar-refractivity contribution >= 4 is 10.0 Å².